The minimum absolute atomic E-state index is 0.108. The SMILES string of the molecule is C=C1CC2NC(=O)C3C1C=CC=CC23. The van der Waals surface area contributed by atoms with Crippen LogP contribution in [-0.4, -0.2) is 11.9 Å². The number of allylic oxidation sites excluding steroid dienone is 3. The van der Waals surface area contributed by atoms with Crippen molar-refractivity contribution in [1.29, 1.82) is 0 Å². The summed E-state index contributed by atoms with van der Waals surface area (Å²) in [5, 5.41) is 3.06. The summed E-state index contributed by atoms with van der Waals surface area (Å²) in [5.41, 5.74) is 1.20. The summed E-state index contributed by atoms with van der Waals surface area (Å²) < 4.78 is 0. The van der Waals surface area contributed by atoms with E-state index in [0.717, 1.165) is 6.42 Å². The normalized spacial score (nSPS) is 43.7. The standard InChI is InChI=1S/C12H13NO/c1-7-6-10-9-5-3-2-4-8(7)11(9)12(14)13-10/h2-5,8-11H,1,6H2,(H,13,14). The number of carbonyl (C=O) groups is 1. The van der Waals surface area contributed by atoms with Crippen LogP contribution in [0.3, 0.4) is 0 Å². The van der Waals surface area contributed by atoms with Crippen LogP contribution in [0.15, 0.2) is 36.5 Å². The molecule has 0 radical (unpaired) electrons. The van der Waals surface area contributed by atoms with Crippen molar-refractivity contribution in [2.45, 2.75) is 12.5 Å². The minimum atomic E-state index is 0.108. The number of amides is 1. The van der Waals surface area contributed by atoms with Gasteiger partial charge in [-0.1, -0.05) is 36.5 Å². The number of hydrogen-bond donors (Lipinski definition) is 1. The zero-order valence-electron chi connectivity index (χ0n) is 7.94. The molecule has 4 unspecified atom stereocenters. The molecule has 2 fully saturated rings. The monoisotopic (exact) mass is 187 g/mol. The summed E-state index contributed by atoms with van der Waals surface area (Å²) in [6.45, 7) is 4.08. The summed E-state index contributed by atoms with van der Waals surface area (Å²) >= 11 is 0. The van der Waals surface area contributed by atoms with E-state index < -0.39 is 0 Å². The second kappa shape index (κ2) is 2.59. The zero-order valence-corrected chi connectivity index (χ0v) is 7.94. The lowest BCUT2D eigenvalue weighted by atomic mass is 9.71. The van der Waals surface area contributed by atoms with Crippen LogP contribution in [0.25, 0.3) is 0 Å². The average molecular weight is 187 g/mol. The van der Waals surface area contributed by atoms with Gasteiger partial charge in [-0.15, -0.1) is 0 Å². The lowest BCUT2D eigenvalue weighted by Crippen LogP contribution is -2.32. The molecule has 0 aromatic rings. The predicted molar refractivity (Wildman–Crippen MR) is 54.4 cm³/mol. The number of nitrogens with one attached hydrogen (secondary N) is 1. The fraction of sp³-hybridized carbons (Fsp3) is 0.417. The van der Waals surface area contributed by atoms with Gasteiger partial charge in [0.1, 0.15) is 0 Å². The Kier molecular flexibility index (Phi) is 1.49. The molecule has 0 aromatic carbocycles. The molecular weight excluding hydrogens is 174 g/mol. The highest BCUT2D eigenvalue weighted by molar-refractivity contribution is 5.84. The molecule has 1 heterocycles. The molecule has 14 heavy (non-hydrogen) atoms. The Morgan fingerprint density at radius 2 is 2.14 bits per heavy atom. The van der Waals surface area contributed by atoms with Gasteiger partial charge in [-0.2, -0.15) is 0 Å². The molecule has 4 atom stereocenters. The van der Waals surface area contributed by atoms with Crippen LogP contribution in [0.4, 0.5) is 0 Å². The fourth-order valence-corrected chi connectivity index (χ4v) is 2.95. The maximum absolute atomic E-state index is 11.7. The summed E-state index contributed by atoms with van der Waals surface area (Å²) in [6.07, 6.45) is 9.32. The van der Waals surface area contributed by atoms with E-state index in [1.807, 2.05) is 6.08 Å². The molecule has 3 aliphatic rings. The van der Waals surface area contributed by atoms with Gasteiger partial charge in [0.15, 0.2) is 0 Å². The van der Waals surface area contributed by atoms with Crippen LogP contribution < -0.4 is 5.32 Å². The van der Waals surface area contributed by atoms with Gasteiger partial charge < -0.3 is 5.32 Å². The molecule has 2 nitrogen and oxygen atoms in total. The largest absolute Gasteiger partial charge is 0.352 e. The summed E-state index contributed by atoms with van der Waals surface area (Å²) in [7, 11) is 0. The molecule has 1 N–H and O–H groups in total. The molecule has 72 valence electrons. The fourth-order valence-electron chi connectivity index (χ4n) is 2.95. The van der Waals surface area contributed by atoms with Crippen LogP contribution in [0, 0.1) is 17.8 Å². The van der Waals surface area contributed by atoms with Crippen molar-refractivity contribution < 1.29 is 4.79 Å². The zero-order chi connectivity index (χ0) is 9.71. The molecule has 1 amide bonds. The Bertz CT molecular complexity index is 367. The second-order valence-corrected chi connectivity index (χ2v) is 4.38. The van der Waals surface area contributed by atoms with Gasteiger partial charge in [-0.25, -0.2) is 0 Å². The van der Waals surface area contributed by atoms with E-state index in [0.29, 0.717) is 12.0 Å². The van der Waals surface area contributed by atoms with Crippen molar-refractivity contribution in [3.8, 4) is 0 Å². The minimum Gasteiger partial charge on any atom is -0.352 e. The summed E-state index contributed by atoms with van der Waals surface area (Å²) in [6, 6.07) is 0.299. The summed E-state index contributed by atoms with van der Waals surface area (Å²) in [4.78, 5) is 11.7. The third-order valence-electron chi connectivity index (χ3n) is 3.61. The molecule has 0 spiro atoms. The van der Waals surface area contributed by atoms with Crippen molar-refractivity contribution in [2.75, 3.05) is 0 Å². The Morgan fingerprint density at radius 3 is 3.00 bits per heavy atom. The van der Waals surface area contributed by atoms with Crippen LogP contribution >= 0.6 is 0 Å². The highest BCUT2D eigenvalue weighted by Gasteiger charge is 2.49. The third kappa shape index (κ3) is 0.884. The molecule has 2 heteroatoms. The quantitative estimate of drug-likeness (QED) is 0.571. The van der Waals surface area contributed by atoms with Gasteiger partial charge in [0.25, 0.3) is 0 Å². The van der Waals surface area contributed by atoms with Gasteiger partial charge in [-0.05, 0) is 6.42 Å². The summed E-state index contributed by atoms with van der Waals surface area (Å²) in [5.74, 6) is 0.956. The number of rotatable bonds is 0. The second-order valence-electron chi connectivity index (χ2n) is 4.38. The molecule has 1 saturated heterocycles. The highest BCUT2D eigenvalue weighted by Crippen LogP contribution is 2.44. The number of hydrogen-bond acceptors (Lipinski definition) is 1. The molecular formula is C12H13NO. The van der Waals surface area contributed by atoms with Gasteiger partial charge >= 0.3 is 0 Å². The first-order valence-electron chi connectivity index (χ1n) is 5.10. The first-order valence-corrected chi connectivity index (χ1v) is 5.10. The van der Waals surface area contributed by atoms with E-state index in [1.165, 1.54) is 5.57 Å². The molecule has 1 aliphatic heterocycles. The van der Waals surface area contributed by atoms with Crippen LogP contribution in [0.5, 0.6) is 0 Å². The molecule has 4 bridgehead atoms. The Morgan fingerprint density at radius 1 is 1.36 bits per heavy atom. The lowest BCUT2D eigenvalue weighted by molar-refractivity contribution is -0.123. The lowest BCUT2D eigenvalue weighted by Gasteiger charge is -2.31. The Hall–Kier alpha value is -1.31. The maximum atomic E-state index is 11.7. The maximum Gasteiger partial charge on any atom is 0.224 e. The first-order chi connectivity index (χ1) is 6.77. The molecule has 3 rings (SSSR count). The van der Waals surface area contributed by atoms with Crippen molar-refractivity contribution in [3.63, 3.8) is 0 Å². The van der Waals surface area contributed by atoms with E-state index in [4.69, 9.17) is 0 Å². The molecule has 0 aromatic heterocycles. The van der Waals surface area contributed by atoms with E-state index in [2.05, 4.69) is 30.1 Å². The van der Waals surface area contributed by atoms with E-state index in [-0.39, 0.29) is 17.7 Å². The van der Waals surface area contributed by atoms with Gasteiger partial charge in [0.2, 0.25) is 5.91 Å². The van der Waals surface area contributed by atoms with E-state index in [9.17, 15) is 4.79 Å². The van der Waals surface area contributed by atoms with E-state index >= 15 is 0 Å². The van der Waals surface area contributed by atoms with Crippen molar-refractivity contribution >= 4 is 5.91 Å². The molecule has 1 saturated carbocycles. The van der Waals surface area contributed by atoms with Crippen LogP contribution in [0.1, 0.15) is 6.42 Å². The predicted octanol–water partition coefficient (Wildman–Crippen LogP) is 1.42. The van der Waals surface area contributed by atoms with Crippen LogP contribution in [-0.2, 0) is 4.79 Å². The third-order valence-corrected chi connectivity index (χ3v) is 3.61. The number of carbonyl (C=O) groups excluding carboxylic acids is 1. The smallest absolute Gasteiger partial charge is 0.224 e. The van der Waals surface area contributed by atoms with Gasteiger partial charge in [0.05, 0.1) is 5.92 Å². The molecule has 2 aliphatic carbocycles. The average Bonchev–Trinajstić information content (AvgIpc) is 2.35. The Labute approximate surface area is 83.4 Å². The topological polar surface area (TPSA) is 29.1 Å². The Balaban J connectivity index is 2.11. The first kappa shape index (κ1) is 8.04. The van der Waals surface area contributed by atoms with Gasteiger partial charge in [-0.3, -0.25) is 4.79 Å². The van der Waals surface area contributed by atoms with Crippen molar-refractivity contribution in [2.24, 2.45) is 17.8 Å². The van der Waals surface area contributed by atoms with Crippen LogP contribution in [0.2, 0.25) is 0 Å². The highest BCUT2D eigenvalue weighted by atomic mass is 16.2. The van der Waals surface area contributed by atoms with Gasteiger partial charge in [0, 0.05) is 17.9 Å². The van der Waals surface area contributed by atoms with E-state index in [1.54, 1.807) is 0 Å². The van der Waals surface area contributed by atoms with Crippen molar-refractivity contribution in [3.05, 3.63) is 36.5 Å². The van der Waals surface area contributed by atoms with Crippen molar-refractivity contribution in [1.82, 2.24) is 5.32 Å².